The van der Waals surface area contributed by atoms with Crippen molar-refractivity contribution in [2.45, 2.75) is 38.6 Å². The summed E-state index contributed by atoms with van der Waals surface area (Å²) in [6.07, 6.45) is 5.26. The lowest BCUT2D eigenvalue weighted by molar-refractivity contribution is 0.0905. The van der Waals surface area contributed by atoms with Crippen molar-refractivity contribution in [3.63, 3.8) is 0 Å². The van der Waals surface area contributed by atoms with Crippen molar-refractivity contribution >= 4 is 5.91 Å². The van der Waals surface area contributed by atoms with Crippen LogP contribution in [0.2, 0.25) is 0 Å². The van der Waals surface area contributed by atoms with Crippen LogP contribution in [0.5, 0.6) is 0 Å². The lowest BCUT2D eigenvalue weighted by atomic mass is 9.84. The van der Waals surface area contributed by atoms with Gasteiger partial charge in [-0.15, -0.1) is 5.10 Å². The Bertz CT molecular complexity index is 941. The van der Waals surface area contributed by atoms with Gasteiger partial charge in [-0.25, -0.2) is 9.67 Å². The lowest BCUT2D eigenvalue weighted by Gasteiger charge is -2.28. The Morgan fingerprint density at radius 2 is 1.76 bits per heavy atom. The Morgan fingerprint density at radius 1 is 1.03 bits per heavy atom. The molecule has 3 aromatic rings. The summed E-state index contributed by atoms with van der Waals surface area (Å²) in [5.41, 5.74) is 1.82. The third-order valence-electron chi connectivity index (χ3n) is 6.64. The van der Waals surface area contributed by atoms with Crippen LogP contribution in [0.25, 0.3) is 17.1 Å². The van der Waals surface area contributed by atoms with Gasteiger partial charge in [0.1, 0.15) is 0 Å². The fourth-order valence-corrected chi connectivity index (χ4v) is 5.22. The summed E-state index contributed by atoms with van der Waals surface area (Å²) in [5, 5.41) is 7.77. The van der Waals surface area contributed by atoms with Gasteiger partial charge in [-0.3, -0.25) is 4.79 Å². The van der Waals surface area contributed by atoms with E-state index in [1.165, 1.54) is 25.7 Å². The Labute approximate surface area is 171 Å². The van der Waals surface area contributed by atoms with E-state index in [0.717, 1.165) is 23.1 Å². The normalized spacial score (nSPS) is 23.8. The number of nitrogens with zero attached hydrogens (tertiary/aromatic N) is 3. The average Bonchev–Trinajstić information content (AvgIpc) is 3.50. The molecule has 1 N–H and O–H groups in total. The molecule has 148 valence electrons. The van der Waals surface area contributed by atoms with Crippen LogP contribution in [0, 0.1) is 17.8 Å². The average molecular weight is 386 g/mol. The van der Waals surface area contributed by atoms with Crippen molar-refractivity contribution in [1.82, 2.24) is 20.1 Å². The highest BCUT2D eigenvalue weighted by atomic mass is 16.2. The molecule has 0 radical (unpaired) electrons. The molecule has 2 fully saturated rings. The van der Waals surface area contributed by atoms with Gasteiger partial charge in [0.05, 0.1) is 5.69 Å². The number of hydrogen-bond donors (Lipinski definition) is 1. The second-order valence-electron chi connectivity index (χ2n) is 8.47. The number of benzene rings is 2. The van der Waals surface area contributed by atoms with E-state index in [9.17, 15) is 4.79 Å². The van der Waals surface area contributed by atoms with Crippen molar-refractivity contribution in [3.05, 3.63) is 66.5 Å². The number of aromatic nitrogens is 3. The molecule has 29 heavy (non-hydrogen) atoms. The molecule has 1 heterocycles. The minimum Gasteiger partial charge on any atom is -0.347 e. The van der Waals surface area contributed by atoms with Crippen LogP contribution in [0.15, 0.2) is 60.7 Å². The number of amides is 1. The maximum atomic E-state index is 13.0. The molecule has 5 rings (SSSR count). The Hall–Kier alpha value is -2.95. The first-order chi connectivity index (χ1) is 14.2. The zero-order valence-corrected chi connectivity index (χ0v) is 16.7. The third kappa shape index (κ3) is 3.46. The highest BCUT2D eigenvalue weighted by Gasteiger charge is 2.42. The molecule has 2 aromatic carbocycles. The van der Waals surface area contributed by atoms with Gasteiger partial charge >= 0.3 is 0 Å². The summed E-state index contributed by atoms with van der Waals surface area (Å²) in [6, 6.07) is 19.9. The molecule has 0 saturated heterocycles. The number of fused-ring (bicyclic) bond motifs is 2. The molecule has 2 aliphatic rings. The van der Waals surface area contributed by atoms with E-state index in [1.807, 2.05) is 60.7 Å². The first-order valence-electron chi connectivity index (χ1n) is 10.6. The molecule has 0 unspecified atom stereocenters. The van der Waals surface area contributed by atoms with Crippen LogP contribution in [0.4, 0.5) is 0 Å². The number of rotatable bonds is 5. The molecular formula is C24H26N4O. The number of carbonyl (C=O) groups excluding carboxylic acids is 1. The van der Waals surface area contributed by atoms with Gasteiger partial charge in [-0.1, -0.05) is 55.0 Å². The number of nitrogens with one attached hydrogen (secondary N) is 1. The summed E-state index contributed by atoms with van der Waals surface area (Å²) in [4.78, 5) is 17.6. The maximum Gasteiger partial charge on any atom is 0.291 e. The fourth-order valence-electron chi connectivity index (χ4n) is 5.22. The van der Waals surface area contributed by atoms with Gasteiger partial charge in [-0.05, 0) is 56.1 Å². The van der Waals surface area contributed by atoms with Crippen LogP contribution >= 0.6 is 0 Å². The Morgan fingerprint density at radius 3 is 2.41 bits per heavy atom. The quantitative estimate of drug-likeness (QED) is 0.703. The maximum absolute atomic E-state index is 13.0. The van der Waals surface area contributed by atoms with E-state index in [4.69, 9.17) is 0 Å². The van der Waals surface area contributed by atoms with Crippen molar-refractivity contribution in [2.24, 2.45) is 17.8 Å². The minimum atomic E-state index is -0.188. The molecule has 0 spiro atoms. The molecule has 2 bridgehead atoms. The number of carbonyl (C=O) groups is 1. The SMILES string of the molecule is C[C@@H](NC(=O)c1nc(-c2ccccc2)n(-c2ccccc2)n1)[C@H]1C[C@H]2CC[C@H]1C2. The van der Waals surface area contributed by atoms with Crippen LogP contribution in [-0.2, 0) is 0 Å². The van der Waals surface area contributed by atoms with Crippen molar-refractivity contribution < 1.29 is 4.79 Å². The second-order valence-corrected chi connectivity index (χ2v) is 8.47. The Balaban J connectivity index is 1.43. The van der Waals surface area contributed by atoms with Gasteiger partial charge in [0.25, 0.3) is 5.91 Å². The summed E-state index contributed by atoms with van der Waals surface area (Å²) >= 11 is 0. The molecule has 1 aromatic heterocycles. The van der Waals surface area contributed by atoms with E-state index in [2.05, 4.69) is 22.3 Å². The van der Waals surface area contributed by atoms with Gasteiger partial charge in [0.15, 0.2) is 5.82 Å². The van der Waals surface area contributed by atoms with Crippen LogP contribution in [0.3, 0.4) is 0 Å². The van der Waals surface area contributed by atoms with Crippen molar-refractivity contribution in [3.8, 4) is 17.1 Å². The van der Waals surface area contributed by atoms with Crippen molar-refractivity contribution in [1.29, 1.82) is 0 Å². The molecule has 4 atom stereocenters. The lowest BCUT2D eigenvalue weighted by Crippen LogP contribution is -2.40. The van der Waals surface area contributed by atoms with E-state index in [1.54, 1.807) is 4.68 Å². The smallest absolute Gasteiger partial charge is 0.291 e. The molecule has 2 saturated carbocycles. The molecular weight excluding hydrogens is 360 g/mol. The van der Waals surface area contributed by atoms with E-state index >= 15 is 0 Å². The first kappa shape index (κ1) is 18.1. The highest BCUT2D eigenvalue weighted by molar-refractivity contribution is 5.91. The van der Waals surface area contributed by atoms with Gasteiger partial charge < -0.3 is 5.32 Å². The van der Waals surface area contributed by atoms with Crippen molar-refractivity contribution in [2.75, 3.05) is 0 Å². The topological polar surface area (TPSA) is 59.8 Å². The molecule has 5 nitrogen and oxygen atoms in total. The molecule has 5 heteroatoms. The third-order valence-corrected chi connectivity index (χ3v) is 6.64. The zero-order valence-electron chi connectivity index (χ0n) is 16.7. The molecule has 2 aliphatic carbocycles. The van der Waals surface area contributed by atoms with E-state index in [0.29, 0.717) is 11.7 Å². The van der Waals surface area contributed by atoms with Crippen LogP contribution in [0.1, 0.15) is 43.2 Å². The largest absolute Gasteiger partial charge is 0.347 e. The molecule has 1 amide bonds. The second kappa shape index (κ2) is 7.47. The van der Waals surface area contributed by atoms with E-state index < -0.39 is 0 Å². The summed E-state index contributed by atoms with van der Waals surface area (Å²) in [5.74, 6) is 2.93. The predicted octanol–water partition coefficient (Wildman–Crippen LogP) is 4.49. The first-order valence-corrected chi connectivity index (χ1v) is 10.6. The monoisotopic (exact) mass is 386 g/mol. The minimum absolute atomic E-state index is 0.154. The fraction of sp³-hybridized carbons (Fsp3) is 0.375. The van der Waals surface area contributed by atoms with Gasteiger partial charge in [-0.2, -0.15) is 0 Å². The molecule has 0 aliphatic heterocycles. The summed E-state index contributed by atoms with van der Waals surface area (Å²) in [7, 11) is 0. The summed E-state index contributed by atoms with van der Waals surface area (Å²) < 4.78 is 1.76. The standard InChI is InChI=1S/C24H26N4O/c1-16(21-15-17-12-13-19(21)14-17)25-24(29)22-26-23(18-8-4-2-5-9-18)28(27-22)20-10-6-3-7-11-20/h2-11,16-17,19,21H,12-15H2,1H3,(H,25,29)/t16-,17+,19+,21-/m1/s1. The number of hydrogen-bond acceptors (Lipinski definition) is 3. The Kier molecular flexibility index (Phi) is 4.66. The zero-order chi connectivity index (χ0) is 19.8. The number of para-hydroxylation sites is 1. The predicted molar refractivity (Wildman–Crippen MR) is 113 cm³/mol. The van der Waals surface area contributed by atoms with Gasteiger partial charge in [0, 0.05) is 11.6 Å². The van der Waals surface area contributed by atoms with Crippen LogP contribution in [-0.4, -0.2) is 26.7 Å². The van der Waals surface area contributed by atoms with Gasteiger partial charge in [0.2, 0.25) is 5.82 Å². The van der Waals surface area contributed by atoms with Crippen LogP contribution < -0.4 is 5.32 Å². The summed E-state index contributed by atoms with van der Waals surface area (Å²) in [6.45, 7) is 2.13. The van der Waals surface area contributed by atoms with E-state index in [-0.39, 0.29) is 17.8 Å². The highest BCUT2D eigenvalue weighted by Crippen LogP contribution is 2.49.